The number of carbonyl (C=O) groups is 1. The first-order valence-corrected chi connectivity index (χ1v) is 11.8. The van der Waals surface area contributed by atoms with Crippen LogP contribution in [0.3, 0.4) is 0 Å². The molecular formula is C25H29F3N4O3. The van der Waals surface area contributed by atoms with E-state index < -0.39 is 11.9 Å². The summed E-state index contributed by atoms with van der Waals surface area (Å²) in [6.07, 6.45) is 4.31. The Balaban J connectivity index is 0.000000806. The molecule has 1 N–H and O–H groups in total. The van der Waals surface area contributed by atoms with Crippen molar-refractivity contribution in [3.63, 3.8) is 0 Å². The van der Waals surface area contributed by atoms with Crippen LogP contribution in [0.5, 0.6) is 0 Å². The fraction of sp³-hybridized carbons (Fsp3) is 0.560. The molecule has 5 heterocycles. The summed E-state index contributed by atoms with van der Waals surface area (Å²) >= 11 is 0. The van der Waals surface area contributed by atoms with Gasteiger partial charge in [0.05, 0.1) is 25.1 Å². The number of hydrogen-bond acceptors (Lipinski definition) is 6. The molecule has 188 valence electrons. The molecule has 2 aromatic heterocycles. The number of anilines is 1. The zero-order chi connectivity index (χ0) is 24.7. The van der Waals surface area contributed by atoms with E-state index >= 15 is 0 Å². The van der Waals surface area contributed by atoms with Crippen LogP contribution in [0.1, 0.15) is 36.6 Å². The molecule has 2 spiro atoms. The Hall–Kier alpha value is -2.72. The molecule has 1 aliphatic carbocycles. The molecular weight excluding hydrogens is 461 g/mol. The summed E-state index contributed by atoms with van der Waals surface area (Å²) in [5.41, 5.74) is 1.88. The number of pyridine rings is 2. The minimum atomic E-state index is -4.39. The molecule has 7 nitrogen and oxygen atoms in total. The van der Waals surface area contributed by atoms with Crippen LogP contribution in [-0.2, 0) is 15.7 Å². The molecule has 6 rings (SSSR count). The third kappa shape index (κ3) is 4.61. The molecule has 10 heteroatoms. The molecule has 4 fully saturated rings. The van der Waals surface area contributed by atoms with Crippen LogP contribution in [0, 0.1) is 16.7 Å². The fourth-order valence-corrected chi connectivity index (χ4v) is 6.39. The summed E-state index contributed by atoms with van der Waals surface area (Å²) in [6, 6.07) is 7.23. The molecule has 0 aromatic carbocycles. The zero-order valence-corrected chi connectivity index (χ0v) is 19.3. The van der Waals surface area contributed by atoms with Gasteiger partial charge in [-0.3, -0.25) is 14.7 Å². The number of carboxylic acid groups (broad SMARTS) is 1. The van der Waals surface area contributed by atoms with Gasteiger partial charge in [0.1, 0.15) is 5.69 Å². The standard InChI is InChI=1S/C24H27F3N4O.CH2O2/c25-24(26,27)20-4-3-19(11-29-20)31-13-23(14-31)8-18(9-23)21(17-2-1-6-28-10-17)30-7-5-22(12-30)15-32-16-22;2-1-3/h1-4,6,10-11,18,21H,5,7-9,12-16H2;1H,(H,2,3). The predicted octanol–water partition coefficient (Wildman–Crippen LogP) is 3.88. The van der Waals surface area contributed by atoms with Crippen molar-refractivity contribution in [3.05, 3.63) is 54.1 Å². The Morgan fingerprint density at radius 3 is 2.37 bits per heavy atom. The van der Waals surface area contributed by atoms with Gasteiger partial charge in [0.2, 0.25) is 0 Å². The lowest BCUT2D eigenvalue weighted by Gasteiger charge is -2.62. The van der Waals surface area contributed by atoms with Gasteiger partial charge in [-0.15, -0.1) is 0 Å². The second-order valence-corrected chi connectivity index (χ2v) is 10.5. The minimum absolute atomic E-state index is 0.250. The molecule has 0 radical (unpaired) electrons. The molecule has 35 heavy (non-hydrogen) atoms. The monoisotopic (exact) mass is 490 g/mol. The van der Waals surface area contributed by atoms with E-state index in [1.165, 1.54) is 18.2 Å². The summed E-state index contributed by atoms with van der Waals surface area (Å²) in [6.45, 7) is 5.51. The third-order valence-corrected chi connectivity index (χ3v) is 8.00. The summed E-state index contributed by atoms with van der Waals surface area (Å²) < 4.78 is 43.8. The third-order valence-electron chi connectivity index (χ3n) is 8.00. The highest BCUT2D eigenvalue weighted by molar-refractivity contribution is 5.49. The van der Waals surface area contributed by atoms with Gasteiger partial charge >= 0.3 is 6.18 Å². The molecule has 3 saturated heterocycles. The highest BCUT2D eigenvalue weighted by Crippen LogP contribution is 2.58. The van der Waals surface area contributed by atoms with Crippen molar-refractivity contribution >= 4 is 12.2 Å². The maximum absolute atomic E-state index is 12.8. The van der Waals surface area contributed by atoms with E-state index in [1.807, 2.05) is 18.5 Å². The van der Waals surface area contributed by atoms with Crippen molar-refractivity contribution in [2.75, 3.05) is 44.3 Å². The molecule has 2 aromatic rings. The zero-order valence-electron chi connectivity index (χ0n) is 19.3. The summed E-state index contributed by atoms with van der Waals surface area (Å²) in [4.78, 5) is 21.2. The topological polar surface area (TPSA) is 78.8 Å². The number of alkyl halides is 3. The maximum atomic E-state index is 12.8. The van der Waals surface area contributed by atoms with Crippen LogP contribution in [0.4, 0.5) is 18.9 Å². The van der Waals surface area contributed by atoms with Crippen LogP contribution < -0.4 is 4.90 Å². The van der Waals surface area contributed by atoms with Crippen molar-refractivity contribution < 1.29 is 27.8 Å². The number of ether oxygens (including phenoxy) is 1. The van der Waals surface area contributed by atoms with Crippen LogP contribution in [0.15, 0.2) is 42.9 Å². The molecule has 1 unspecified atom stereocenters. The molecule has 4 aliphatic rings. The first-order chi connectivity index (χ1) is 16.8. The van der Waals surface area contributed by atoms with Crippen LogP contribution >= 0.6 is 0 Å². The molecule has 1 atom stereocenters. The van der Waals surface area contributed by atoms with Gasteiger partial charge in [0.25, 0.3) is 6.47 Å². The van der Waals surface area contributed by atoms with Crippen molar-refractivity contribution in [1.82, 2.24) is 14.9 Å². The van der Waals surface area contributed by atoms with Crippen molar-refractivity contribution in [3.8, 4) is 0 Å². The Kier molecular flexibility index (Phi) is 6.21. The Bertz CT molecular complexity index is 1020. The van der Waals surface area contributed by atoms with Gasteiger partial charge in [-0.2, -0.15) is 13.2 Å². The van der Waals surface area contributed by atoms with E-state index in [-0.39, 0.29) is 11.9 Å². The number of aromatic nitrogens is 2. The second kappa shape index (κ2) is 9.05. The number of hydrogen-bond donors (Lipinski definition) is 1. The van der Waals surface area contributed by atoms with Crippen LogP contribution in [-0.4, -0.2) is 65.8 Å². The molecule has 0 amide bonds. The molecule has 1 saturated carbocycles. The molecule has 3 aliphatic heterocycles. The minimum Gasteiger partial charge on any atom is -0.483 e. The smallest absolute Gasteiger partial charge is 0.433 e. The highest BCUT2D eigenvalue weighted by atomic mass is 19.4. The normalized spacial score (nSPS) is 23.6. The quantitative estimate of drug-likeness (QED) is 0.652. The SMILES string of the molecule is FC(F)(F)c1ccc(N2CC3(CC(C(c4cccnc4)N4CCC5(COC5)C4)C3)C2)cn1.O=CO. The van der Waals surface area contributed by atoms with Gasteiger partial charge in [0, 0.05) is 48.9 Å². The summed E-state index contributed by atoms with van der Waals surface area (Å²) in [7, 11) is 0. The van der Waals surface area contributed by atoms with Crippen LogP contribution in [0.2, 0.25) is 0 Å². The van der Waals surface area contributed by atoms with Crippen LogP contribution in [0.25, 0.3) is 0 Å². The fourth-order valence-electron chi connectivity index (χ4n) is 6.39. The van der Waals surface area contributed by atoms with Gasteiger partial charge in [-0.25, -0.2) is 4.98 Å². The largest absolute Gasteiger partial charge is 0.483 e. The second-order valence-electron chi connectivity index (χ2n) is 10.5. The van der Waals surface area contributed by atoms with Gasteiger partial charge in [0.15, 0.2) is 0 Å². The van der Waals surface area contributed by atoms with Crippen molar-refractivity contribution in [2.24, 2.45) is 16.7 Å². The summed E-state index contributed by atoms with van der Waals surface area (Å²) in [5.74, 6) is 0.586. The lowest BCUT2D eigenvalue weighted by atomic mass is 9.55. The van der Waals surface area contributed by atoms with E-state index in [0.717, 1.165) is 64.0 Å². The highest BCUT2D eigenvalue weighted by Gasteiger charge is 2.56. The lowest BCUT2D eigenvalue weighted by Crippen LogP contribution is -2.64. The van der Waals surface area contributed by atoms with Gasteiger partial charge < -0.3 is 14.7 Å². The maximum Gasteiger partial charge on any atom is 0.433 e. The van der Waals surface area contributed by atoms with E-state index in [4.69, 9.17) is 14.6 Å². The number of halogens is 3. The predicted molar refractivity (Wildman–Crippen MR) is 122 cm³/mol. The number of likely N-dealkylation sites (tertiary alicyclic amines) is 1. The number of rotatable bonds is 4. The Labute approximate surface area is 201 Å². The van der Waals surface area contributed by atoms with Gasteiger partial charge in [-0.05, 0) is 55.5 Å². The molecule has 0 bridgehead atoms. The van der Waals surface area contributed by atoms with E-state index in [1.54, 1.807) is 6.07 Å². The van der Waals surface area contributed by atoms with Crippen molar-refractivity contribution in [1.29, 1.82) is 0 Å². The lowest BCUT2D eigenvalue weighted by molar-refractivity contribution is -0.141. The Morgan fingerprint density at radius 1 is 1.11 bits per heavy atom. The average molecular weight is 491 g/mol. The Morgan fingerprint density at radius 2 is 1.86 bits per heavy atom. The first-order valence-electron chi connectivity index (χ1n) is 11.8. The summed E-state index contributed by atoms with van der Waals surface area (Å²) in [5, 5.41) is 6.89. The average Bonchev–Trinajstić information content (AvgIpc) is 3.21. The van der Waals surface area contributed by atoms with E-state index in [0.29, 0.717) is 17.4 Å². The van der Waals surface area contributed by atoms with E-state index in [9.17, 15) is 13.2 Å². The van der Waals surface area contributed by atoms with Crippen molar-refractivity contribution in [2.45, 2.75) is 31.5 Å². The number of nitrogens with zero attached hydrogens (tertiary/aromatic N) is 4. The first kappa shape index (κ1) is 24.0. The van der Waals surface area contributed by atoms with E-state index in [2.05, 4.69) is 25.8 Å². The van der Waals surface area contributed by atoms with Gasteiger partial charge in [-0.1, -0.05) is 6.07 Å².